The average Bonchev–Trinajstić information content (AvgIpc) is 2.76. The third-order valence-corrected chi connectivity index (χ3v) is 4.81. The van der Waals surface area contributed by atoms with Gasteiger partial charge in [0.1, 0.15) is 30.5 Å². The molecule has 5 N–H and O–H groups in total. The fraction of sp³-hybridized carbons (Fsp3) is 0.318. The zero-order valence-electron chi connectivity index (χ0n) is 15.8. The molecular formula is C22H23NO6. The molecule has 0 aromatic heterocycles. The zero-order chi connectivity index (χ0) is 21.0. The molecular weight excluding hydrogens is 374 g/mol. The predicted octanol–water partition coefficient (Wildman–Crippen LogP) is -0.0391. The van der Waals surface area contributed by atoms with E-state index in [2.05, 4.69) is 17.2 Å². The Labute approximate surface area is 168 Å². The fourth-order valence-electron chi connectivity index (χ4n) is 3.20. The molecule has 5 atom stereocenters. The second kappa shape index (κ2) is 9.18. The number of aliphatic hydroxyl groups is 4. The maximum Gasteiger partial charge on any atom is 0.251 e. The van der Waals surface area contributed by atoms with Crippen LogP contribution < -0.4 is 5.32 Å². The van der Waals surface area contributed by atoms with E-state index in [9.17, 15) is 25.2 Å². The topological polar surface area (TPSA) is 119 Å². The van der Waals surface area contributed by atoms with Gasteiger partial charge in [-0.05, 0) is 35.9 Å². The van der Waals surface area contributed by atoms with Crippen molar-refractivity contribution in [3.8, 4) is 11.8 Å². The van der Waals surface area contributed by atoms with Crippen molar-refractivity contribution in [3.05, 3.63) is 70.8 Å². The number of benzene rings is 2. The molecule has 29 heavy (non-hydrogen) atoms. The van der Waals surface area contributed by atoms with Crippen LogP contribution in [0, 0.1) is 11.8 Å². The van der Waals surface area contributed by atoms with E-state index in [1.165, 1.54) is 0 Å². The van der Waals surface area contributed by atoms with Gasteiger partial charge in [-0.1, -0.05) is 30.0 Å². The number of hydrogen-bond acceptors (Lipinski definition) is 6. The Morgan fingerprint density at radius 1 is 1.00 bits per heavy atom. The first-order valence-electron chi connectivity index (χ1n) is 9.19. The van der Waals surface area contributed by atoms with Crippen LogP contribution >= 0.6 is 0 Å². The number of hydrogen-bond donors (Lipinski definition) is 5. The summed E-state index contributed by atoms with van der Waals surface area (Å²) in [6, 6.07) is 13.9. The molecule has 2 aromatic rings. The van der Waals surface area contributed by atoms with Crippen molar-refractivity contribution in [2.24, 2.45) is 0 Å². The summed E-state index contributed by atoms with van der Waals surface area (Å²) in [4.78, 5) is 11.7. The van der Waals surface area contributed by atoms with Gasteiger partial charge in [0, 0.05) is 23.7 Å². The Bertz CT molecular complexity index is 932. The molecule has 1 aliphatic rings. The summed E-state index contributed by atoms with van der Waals surface area (Å²) in [5, 5.41) is 42.1. The number of aliphatic hydroxyl groups excluding tert-OH is 4. The van der Waals surface area contributed by atoms with Gasteiger partial charge >= 0.3 is 0 Å². The number of nitrogens with one attached hydrogen (secondary N) is 1. The normalized spacial score (nSPS) is 26.3. The largest absolute Gasteiger partial charge is 0.394 e. The van der Waals surface area contributed by atoms with Crippen molar-refractivity contribution in [1.82, 2.24) is 5.32 Å². The lowest BCUT2D eigenvalue weighted by Crippen LogP contribution is -2.55. The molecule has 1 heterocycles. The molecule has 0 radical (unpaired) electrons. The molecule has 1 amide bonds. The van der Waals surface area contributed by atoms with E-state index in [4.69, 9.17) is 4.74 Å². The SMILES string of the molecule is CNC(=O)c1cccc(C#Cc2cccc([C@H]3O[C@H](CO)[C@@H](O)[C@H](O)[C@@H]3O)c2)c1. The van der Waals surface area contributed by atoms with E-state index in [1.807, 2.05) is 0 Å². The van der Waals surface area contributed by atoms with Gasteiger partial charge in [0.05, 0.1) is 6.61 Å². The van der Waals surface area contributed by atoms with Crippen molar-refractivity contribution in [2.45, 2.75) is 30.5 Å². The van der Waals surface area contributed by atoms with E-state index < -0.39 is 37.1 Å². The van der Waals surface area contributed by atoms with Gasteiger partial charge in [-0.25, -0.2) is 0 Å². The molecule has 7 heteroatoms. The predicted molar refractivity (Wildman–Crippen MR) is 105 cm³/mol. The van der Waals surface area contributed by atoms with Crippen LogP contribution in [0.4, 0.5) is 0 Å². The van der Waals surface area contributed by atoms with Gasteiger partial charge in [0.15, 0.2) is 0 Å². The van der Waals surface area contributed by atoms with Gasteiger partial charge in [-0.2, -0.15) is 0 Å². The number of carbonyl (C=O) groups is 1. The standard InChI is InChI=1S/C22H23NO6/c1-23-22(28)16-7-3-5-14(11-16)9-8-13-4-2-6-15(10-13)21-20(27)19(26)18(25)17(12-24)29-21/h2-7,10-11,17-21,24-27H,12H2,1H3,(H,23,28)/t17-,18-,19+,20+,21-/m1/s1. The third kappa shape index (κ3) is 4.65. The van der Waals surface area contributed by atoms with E-state index >= 15 is 0 Å². The molecule has 3 rings (SSSR count). The summed E-state index contributed by atoms with van der Waals surface area (Å²) < 4.78 is 5.59. The first-order valence-corrected chi connectivity index (χ1v) is 9.19. The quantitative estimate of drug-likeness (QED) is 0.464. The molecule has 1 fully saturated rings. The van der Waals surface area contributed by atoms with Crippen molar-refractivity contribution < 1.29 is 30.0 Å². The molecule has 0 bridgehead atoms. The Morgan fingerprint density at radius 2 is 1.66 bits per heavy atom. The highest BCUT2D eigenvalue weighted by molar-refractivity contribution is 5.94. The Morgan fingerprint density at radius 3 is 2.31 bits per heavy atom. The highest BCUT2D eigenvalue weighted by Gasteiger charge is 2.43. The van der Waals surface area contributed by atoms with Gasteiger partial charge in [0.25, 0.3) is 5.91 Å². The molecule has 2 aromatic carbocycles. The highest BCUT2D eigenvalue weighted by Crippen LogP contribution is 2.32. The third-order valence-electron chi connectivity index (χ3n) is 4.81. The van der Waals surface area contributed by atoms with Crippen molar-refractivity contribution in [1.29, 1.82) is 0 Å². The summed E-state index contributed by atoms with van der Waals surface area (Å²) in [5.74, 6) is 5.80. The van der Waals surface area contributed by atoms with Crippen LogP contribution in [0.15, 0.2) is 48.5 Å². The van der Waals surface area contributed by atoms with Crippen molar-refractivity contribution in [2.75, 3.05) is 13.7 Å². The van der Waals surface area contributed by atoms with Crippen LogP contribution in [-0.2, 0) is 4.74 Å². The van der Waals surface area contributed by atoms with Crippen LogP contribution in [0.2, 0.25) is 0 Å². The lowest BCUT2D eigenvalue weighted by molar-refractivity contribution is -0.231. The van der Waals surface area contributed by atoms with Crippen LogP contribution in [0.5, 0.6) is 0 Å². The number of amides is 1. The molecule has 1 saturated heterocycles. The van der Waals surface area contributed by atoms with Crippen LogP contribution in [0.3, 0.4) is 0 Å². The molecule has 0 aliphatic carbocycles. The molecule has 152 valence electrons. The van der Waals surface area contributed by atoms with Gasteiger partial charge < -0.3 is 30.5 Å². The minimum absolute atomic E-state index is 0.196. The van der Waals surface area contributed by atoms with E-state index in [0.29, 0.717) is 22.3 Å². The summed E-state index contributed by atoms with van der Waals surface area (Å²) >= 11 is 0. The highest BCUT2D eigenvalue weighted by atomic mass is 16.5. The molecule has 0 saturated carbocycles. The maximum atomic E-state index is 11.7. The summed E-state index contributed by atoms with van der Waals surface area (Å²) in [6.07, 6.45) is -6.07. The maximum absolute atomic E-state index is 11.7. The molecule has 1 aliphatic heterocycles. The summed E-state index contributed by atoms with van der Waals surface area (Å²) in [5.41, 5.74) is 2.39. The van der Waals surface area contributed by atoms with Gasteiger partial charge in [-0.15, -0.1) is 0 Å². The lowest BCUT2D eigenvalue weighted by Gasteiger charge is -2.40. The van der Waals surface area contributed by atoms with Crippen LogP contribution in [-0.4, -0.2) is 64.4 Å². The molecule has 0 spiro atoms. The molecule has 0 unspecified atom stereocenters. The monoisotopic (exact) mass is 397 g/mol. The van der Waals surface area contributed by atoms with Crippen LogP contribution in [0.1, 0.15) is 33.2 Å². The average molecular weight is 397 g/mol. The molecule has 7 nitrogen and oxygen atoms in total. The van der Waals surface area contributed by atoms with Crippen molar-refractivity contribution >= 4 is 5.91 Å². The lowest BCUT2D eigenvalue weighted by atomic mass is 9.91. The van der Waals surface area contributed by atoms with E-state index in [0.717, 1.165) is 0 Å². The summed E-state index contributed by atoms with van der Waals surface area (Å²) in [7, 11) is 1.56. The van der Waals surface area contributed by atoms with Gasteiger partial charge in [0.2, 0.25) is 0 Å². The van der Waals surface area contributed by atoms with Gasteiger partial charge in [-0.3, -0.25) is 4.79 Å². The number of ether oxygens (including phenoxy) is 1. The second-order valence-electron chi connectivity index (χ2n) is 6.78. The Hall–Kier alpha value is -2.73. The van der Waals surface area contributed by atoms with E-state index in [-0.39, 0.29) is 5.91 Å². The summed E-state index contributed by atoms with van der Waals surface area (Å²) in [6.45, 7) is -0.484. The van der Waals surface area contributed by atoms with E-state index in [1.54, 1.807) is 55.6 Å². The smallest absolute Gasteiger partial charge is 0.251 e. The zero-order valence-corrected chi connectivity index (χ0v) is 15.8. The number of carbonyl (C=O) groups excluding carboxylic acids is 1. The second-order valence-corrected chi connectivity index (χ2v) is 6.78. The minimum atomic E-state index is -1.44. The minimum Gasteiger partial charge on any atom is -0.394 e. The Kier molecular flexibility index (Phi) is 6.64. The van der Waals surface area contributed by atoms with Crippen LogP contribution in [0.25, 0.3) is 0 Å². The Balaban J connectivity index is 1.84. The number of rotatable bonds is 3. The first kappa shape index (κ1) is 21.0. The first-order chi connectivity index (χ1) is 13.9. The van der Waals surface area contributed by atoms with Crippen molar-refractivity contribution in [3.63, 3.8) is 0 Å². The fourth-order valence-corrected chi connectivity index (χ4v) is 3.20.